The molecule has 0 unspecified atom stereocenters. The second-order valence-electron chi connectivity index (χ2n) is 4.81. The Hall–Kier alpha value is -1.49. The number of amides is 1. The van der Waals surface area contributed by atoms with Crippen molar-refractivity contribution in [1.29, 1.82) is 0 Å². The lowest BCUT2D eigenvalue weighted by Crippen LogP contribution is -2.64. The van der Waals surface area contributed by atoms with Crippen molar-refractivity contribution in [3.8, 4) is 5.75 Å². The summed E-state index contributed by atoms with van der Waals surface area (Å²) in [7, 11) is 1.60. The van der Waals surface area contributed by atoms with Gasteiger partial charge in [0.15, 0.2) is 5.12 Å². The van der Waals surface area contributed by atoms with Crippen LogP contribution >= 0.6 is 11.8 Å². The first-order valence-corrected chi connectivity index (χ1v) is 6.61. The van der Waals surface area contributed by atoms with E-state index in [1.54, 1.807) is 12.0 Å². The summed E-state index contributed by atoms with van der Waals surface area (Å²) in [5, 5.41) is 0.0535. The molecule has 0 bridgehead atoms. The van der Waals surface area contributed by atoms with E-state index >= 15 is 0 Å². The number of nitrogens with zero attached hydrogens (tertiary/aromatic N) is 1. The maximum absolute atomic E-state index is 12.2. The van der Waals surface area contributed by atoms with Gasteiger partial charge in [-0.3, -0.25) is 14.5 Å². The fourth-order valence-corrected chi connectivity index (χ4v) is 3.91. The molecule has 5 heteroatoms. The molecule has 94 valence electrons. The topological polar surface area (TPSA) is 46.6 Å². The molecule has 1 aromatic carbocycles. The largest absolute Gasteiger partial charge is 0.497 e. The van der Waals surface area contributed by atoms with Gasteiger partial charge in [-0.2, -0.15) is 0 Å². The highest BCUT2D eigenvalue weighted by atomic mass is 32.2. The minimum atomic E-state index is -0.498. The lowest BCUT2D eigenvalue weighted by Gasteiger charge is -2.49. The lowest BCUT2D eigenvalue weighted by atomic mass is 9.77. The first-order chi connectivity index (χ1) is 8.56. The first kappa shape index (κ1) is 11.6. The lowest BCUT2D eigenvalue weighted by molar-refractivity contribution is -0.136. The SMILES string of the molecule is COc1ccc(N2C(=O)[C@]3(C)CC(=O)S[C@H]23)cc1. The Bertz CT molecular complexity index is 528. The number of methoxy groups -OCH3 is 1. The van der Waals surface area contributed by atoms with Crippen LogP contribution in [-0.4, -0.2) is 23.5 Å². The fraction of sp³-hybridized carbons (Fsp3) is 0.385. The monoisotopic (exact) mass is 263 g/mol. The van der Waals surface area contributed by atoms with E-state index in [1.165, 1.54) is 11.8 Å². The molecule has 2 aliphatic rings. The van der Waals surface area contributed by atoms with Crippen molar-refractivity contribution >= 4 is 28.5 Å². The number of carbonyl (C=O) groups is 2. The minimum absolute atomic E-state index is 0.0380. The summed E-state index contributed by atoms with van der Waals surface area (Å²) in [6, 6.07) is 7.33. The molecule has 0 N–H and O–H groups in total. The van der Waals surface area contributed by atoms with Crippen LogP contribution < -0.4 is 9.64 Å². The summed E-state index contributed by atoms with van der Waals surface area (Å²) < 4.78 is 5.09. The van der Waals surface area contributed by atoms with Crippen LogP contribution in [0.3, 0.4) is 0 Å². The average Bonchev–Trinajstić information content (AvgIpc) is 2.63. The number of anilines is 1. The first-order valence-electron chi connectivity index (χ1n) is 5.73. The van der Waals surface area contributed by atoms with Gasteiger partial charge in [-0.05, 0) is 31.2 Å². The van der Waals surface area contributed by atoms with Gasteiger partial charge in [-0.1, -0.05) is 11.8 Å². The molecule has 2 heterocycles. The highest BCUT2D eigenvalue weighted by Crippen LogP contribution is 2.55. The zero-order valence-corrected chi connectivity index (χ0v) is 11.0. The van der Waals surface area contributed by atoms with Gasteiger partial charge >= 0.3 is 0 Å². The van der Waals surface area contributed by atoms with Gasteiger partial charge in [0.25, 0.3) is 0 Å². The molecule has 2 fully saturated rings. The van der Waals surface area contributed by atoms with Crippen LogP contribution in [0, 0.1) is 5.41 Å². The van der Waals surface area contributed by atoms with E-state index in [1.807, 2.05) is 31.2 Å². The van der Waals surface area contributed by atoms with Gasteiger partial charge in [-0.15, -0.1) is 0 Å². The molecular formula is C13H13NO3S. The fourth-order valence-electron chi connectivity index (χ4n) is 2.51. The zero-order valence-electron chi connectivity index (χ0n) is 10.2. The van der Waals surface area contributed by atoms with Crippen LogP contribution in [0.25, 0.3) is 0 Å². The van der Waals surface area contributed by atoms with Crippen molar-refractivity contribution in [3.63, 3.8) is 0 Å². The molecule has 4 nitrogen and oxygen atoms in total. The van der Waals surface area contributed by atoms with E-state index in [9.17, 15) is 9.59 Å². The van der Waals surface area contributed by atoms with Crippen molar-refractivity contribution in [2.45, 2.75) is 18.7 Å². The maximum atomic E-state index is 12.2. The zero-order chi connectivity index (χ0) is 12.9. The molecule has 0 aromatic heterocycles. The summed E-state index contributed by atoms with van der Waals surface area (Å²) in [5.74, 6) is 0.792. The van der Waals surface area contributed by atoms with E-state index in [0.29, 0.717) is 6.42 Å². The maximum Gasteiger partial charge on any atom is 0.237 e. The summed E-state index contributed by atoms with van der Waals surface area (Å²) in [6.07, 6.45) is 0.355. The van der Waals surface area contributed by atoms with Crippen LogP contribution in [0.5, 0.6) is 5.75 Å². The van der Waals surface area contributed by atoms with Gasteiger partial charge in [0.2, 0.25) is 5.91 Å². The average molecular weight is 263 g/mol. The number of benzene rings is 1. The number of hydrogen-bond acceptors (Lipinski definition) is 4. The van der Waals surface area contributed by atoms with Gasteiger partial charge in [0, 0.05) is 12.1 Å². The second kappa shape index (κ2) is 3.75. The van der Waals surface area contributed by atoms with Crippen LogP contribution in [0.15, 0.2) is 24.3 Å². The predicted molar refractivity (Wildman–Crippen MR) is 69.6 cm³/mol. The standard InChI is InChI=1S/C13H13NO3S/c1-13-7-10(15)18-12(13)14(11(13)16)8-3-5-9(17-2)6-4-8/h3-6,12H,7H2,1-2H3/t12-,13-/m0/s1. The normalized spacial score (nSPS) is 30.1. The smallest absolute Gasteiger partial charge is 0.237 e. The summed E-state index contributed by atoms with van der Waals surface area (Å²) in [4.78, 5) is 25.4. The Balaban J connectivity index is 1.90. The number of β-lactam (4-membered cyclic amide) rings is 1. The third kappa shape index (κ3) is 1.40. The molecule has 3 rings (SSSR count). The van der Waals surface area contributed by atoms with E-state index in [0.717, 1.165) is 11.4 Å². The van der Waals surface area contributed by atoms with E-state index in [-0.39, 0.29) is 16.4 Å². The molecule has 1 aromatic rings. The summed E-state index contributed by atoms with van der Waals surface area (Å²) in [6.45, 7) is 1.87. The quantitative estimate of drug-likeness (QED) is 0.766. The number of thioether (sulfide) groups is 1. The molecule has 0 spiro atoms. The molecule has 0 radical (unpaired) electrons. The van der Waals surface area contributed by atoms with Crippen LogP contribution in [0.2, 0.25) is 0 Å². The third-order valence-corrected chi connectivity index (χ3v) is 4.95. The van der Waals surface area contributed by atoms with Crippen molar-refractivity contribution in [2.75, 3.05) is 12.0 Å². The van der Waals surface area contributed by atoms with Crippen LogP contribution in [-0.2, 0) is 9.59 Å². The Labute approximate surface area is 109 Å². The van der Waals surface area contributed by atoms with Crippen molar-refractivity contribution < 1.29 is 14.3 Å². The Morgan fingerprint density at radius 2 is 2.00 bits per heavy atom. The van der Waals surface area contributed by atoms with Gasteiger partial charge in [0.1, 0.15) is 11.1 Å². The summed E-state index contributed by atoms with van der Waals surface area (Å²) >= 11 is 1.27. The van der Waals surface area contributed by atoms with Crippen molar-refractivity contribution in [1.82, 2.24) is 0 Å². The minimum Gasteiger partial charge on any atom is -0.497 e. The van der Waals surface area contributed by atoms with Gasteiger partial charge in [0.05, 0.1) is 12.5 Å². The highest BCUT2D eigenvalue weighted by molar-refractivity contribution is 8.14. The van der Waals surface area contributed by atoms with Crippen LogP contribution in [0.4, 0.5) is 5.69 Å². The van der Waals surface area contributed by atoms with Crippen LogP contribution in [0.1, 0.15) is 13.3 Å². The summed E-state index contributed by atoms with van der Waals surface area (Å²) in [5.41, 5.74) is 0.326. The molecule has 0 aliphatic carbocycles. The molecular weight excluding hydrogens is 250 g/mol. The Kier molecular flexibility index (Phi) is 2.41. The molecule has 2 saturated heterocycles. The molecule has 0 saturated carbocycles. The Morgan fingerprint density at radius 3 is 2.61 bits per heavy atom. The van der Waals surface area contributed by atoms with Crippen molar-refractivity contribution in [3.05, 3.63) is 24.3 Å². The molecule has 1 amide bonds. The van der Waals surface area contributed by atoms with Gasteiger partial charge in [-0.25, -0.2) is 0 Å². The number of hydrogen-bond donors (Lipinski definition) is 0. The number of fused-ring (bicyclic) bond motifs is 1. The highest BCUT2D eigenvalue weighted by Gasteiger charge is 2.63. The van der Waals surface area contributed by atoms with E-state index in [2.05, 4.69) is 0 Å². The second-order valence-corrected chi connectivity index (χ2v) is 5.95. The Morgan fingerprint density at radius 1 is 1.33 bits per heavy atom. The van der Waals surface area contributed by atoms with E-state index in [4.69, 9.17) is 4.74 Å². The molecule has 2 atom stereocenters. The number of ether oxygens (including phenoxy) is 1. The molecule has 2 aliphatic heterocycles. The van der Waals surface area contributed by atoms with E-state index < -0.39 is 5.41 Å². The molecule has 18 heavy (non-hydrogen) atoms. The number of carbonyl (C=O) groups excluding carboxylic acids is 2. The van der Waals surface area contributed by atoms with Crippen molar-refractivity contribution in [2.24, 2.45) is 5.41 Å². The number of rotatable bonds is 2. The van der Waals surface area contributed by atoms with Gasteiger partial charge < -0.3 is 4.74 Å². The predicted octanol–water partition coefficient (Wildman–Crippen LogP) is 2.04. The third-order valence-electron chi connectivity index (χ3n) is 3.59.